The fourth-order valence-corrected chi connectivity index (χ4v) is 2.36. The summed E-state index contributed by atoms with van der Waals surface area (Å²) in [6.45, 7) is 4.50. The van der Waals surface area contributed by atoms with Gasteiger partial charge in [-0.3, -0.25) is 4.68 Å². The molecule has 1 aromatic rings. The molecule has 2 atom stereocenters. The molecule has 1 aliphatic rings. The van der Waals surface area contributed by atoms with E-state index in [0.29, 0.717) is 12.1 Å². The molecule has 2 unspecified atom stereocenters. The van der Waals surface area contributed by atoms with Crippen LogP contribution in [0.4, 0.5) is 0 Å². The van der Waals surface area contributed by atoms with Gasteiger partial charge >= 0.3 is 0 Å². The summed E-state index contributed by atoms with van der Waals surface area (Å²) >= 11 is 0. The summed E-state index contributed by atoms with van der Waals surface area (Å²) < 4.78 is 1.96. The third kappa shape index (κ3) is 2.85. The summed E-state index contributed by atoms with van der Waals surface area (Å²) in [5.41, 5.74) is 1.27. The van der Waals surface area contributed by atoms with Crippen molar-refractivity contribution in [3.63, 3.8) is 0 Å². The number of hydrogen-bond donors (Lipinski definition) is 1. The van der Waals surface area contributed by atoms with Crippen molar-refractivity contribution in [3.05, 3.63) is 18.0 Å². The van der Waals surface area contributed by atoms with E-state index < -0.39 is 0 Å². The number of aryl methyl sites for hydroxylation is 1. The second-order valence-electron chi connectivity index (χ2n) is 5.05. The first-order valence-corrected chi connectivity index (χ1v) is 6.44. The van der Waals surface area contributed by atoms with Crippen molar-refractivity contribution in [2.75, 3.05) is 0 Å². The van der Waals surface area contributed by atoms with E-state index in [1.807, 2.05) is 17.9 Å². The van der Waals surface area contributed by atoms with E-state index in [1.165, 1.54) is 31.4 Å². The monoisotopic (exact) mass is 221 g/mol. The molecule has 1 aromatic heterocycles. The van der Waals surface area contributed by atoms with Gasteiger partial charge in [0.15, 0.2) is 0 Å². The first kappa shape index (κ1) is 11.6. The lowest BCUT2D eigenvalue weighted by atomic mass is 10.1. The summed E-state index contributed by atoms with van der Waals surface area (Å²) in [4.78, 5) is 0. The van der Waals surface area contributed by atoms with Crippen LogP contribution >= 0.6 is 0 Å². The highest BCUT2D eigenvalue weighted by Crippen LogP contribution is 2.34. The van der Waals surface area contributed by atoms with Crippen molar-refractivity contribution in [1.29, 1.82) is 0 Å². The van der Waals surface area contributed by atoms with Crippen LogP contribution < -0.4 is 5.32 Å². The maximum Gasteiger partial charge on any atom is 0.0547 e. The van der Waals surface area contributed by atoms with Crippen molar-refractivity contribution in [2.45, 2.75) is 51.6 Å². The number of aromatic nitrogens is 2. The van der Waals surface area contributed by atoms with Gasteiger partial charge in [-0.25, -0.2) is 0 Å². The van der Waals surface area contributed by atoms with Crippen LogP contribution in [0.15, 0.2) is 12.3 Å². The first-order chi connectivity index (χ1) is 7.70. The lowest BCUT2D eigenvalue weighted by Gasteiger charge is -2.22. The van der Waals surface area contributed by atoms with E-state index in [0.717, 1.165) is 5.92 Å². The summed E-state index contributed by atoms with van der Waals surface area (Å²) in [6.07, 6.45) is 7.32. The van der Waals surface area contributed by atoms with Crippen LogP contribution in [0.3, 0.4) is 0 Å². The molecule has 3 heteroatoms. The van der Waals surface area contributed by atoms with Gasteiger partial charge in [0.05, 0.1) is 5.69 Å². The summed E-state index contributed by atoms with van der Waals surface area (Å²) in [5.74, 6) is 0.996. The predicted octanol–water partition coefficient (Wildman–Crippen LogP) is 2.65. The highest BCUT2D eigenvalue weighted by atomic mass is 15.3. The molecule has 0 aliphatic heterocycles. The van der Waals surface area contributed by atoms with Crippen LogP contribution in [0, 0.1) is 5.92 Å². The molecule has 90 valence electrons. The Morgan fingerprint density at radius 1 is 1.56 bits per heavy atom. The van der Waals surface area contributed by atoms with Crippen LogP contribution in [0.25, 0.3) is 0 Å². The number of nitrogens with zero attached hydrogens (tertiary/aromatic N) is 2. The van der Waals surface area contributed by atoms with Crippen LogP contribution in [0.5, 0.6) is 0 Å². The zero-order valence-corrected chi connectivity index (χ0v) is 10.6. The van der Waals surface area contributed by atoms with Gasteiger partial charge in [-0.15, -0.1) is 0 Å². The van der Waals surface area contributed by atoms with E-state index in [-0.39, 0.29) is 0 Å². The van der Waals surface area contributed by atoms with Crippen molar-refractivity contribution in [1.82, 2.24) is 15.1 Å². The van der Waals surface area contributed by atoms with E-state index in [1.54, 1.807) is 0 Å². The molecule has 3 nitrogen and oxygen atoms in total. The van der Waals surface area contributed by atoms with Gasteiger partial charge < -0.3 is 5.32 Å². The number of rotatable bonds is 6. The Balaban J connectivity index is 1.89. The van der Waals surface area contributed by atoms with Gasteiger partial charge in [0.1, 0.15) is 0 Å². The van der Waals surface area contributed by atoms with Crippen LogP contribution in [-0.4, -0.2) is 15.8 Å². The van der Waals surface area contributed by atoms with E-state index >= 15 is 0 Å². The minimum absolute atomic E-state index is 0.399. The van der Waals surface area contributed by atoms with Gasteiger partial charge in [-0.05, 0) is 31.7 Å². The molecule has 2 rings (SSSR count). The molecule has 1 N–H and O–H groups in total. The molecule has 0 spiro atoms. The van der Waals surface area contributed by atoms with Gasteiger partial charge in [0, 0.05) is 25.3 Å². The predicted molar refractivity (Wildman–Crippen MR) is 66.2 cm³/mol. The molecule has 16 heavy (non-hydrogen) atoms. The molecule has 1 heterocycles. The van der Waals surface area contributed by atoms with Gasteiger partial charge in [0.25, 0.3) is 0 Å². The molecular formula is C13H23N3. The maximum absolute atomic E-state index is 4.22. The van der Waals surface area contributed by atoms with E-state index in [4.69, 9.17) is 0 Å². The van der Waals surface area contributed by atoms with Crippen LogP contribution in [0.1, 0.15) is 51.3 Å². The molecule has 1 aliphatic carbocycles. The number of hydrogen-bond acceptors (Lipinski definition) is 2. The lowest BCUT2D eigenvalue weighted by molar-refractivity contribution is 0.393. The van der Waals surface area contributed by atoms with Crippen molar-refractivity contribution < 1.29 is 0 Å². The summed E-state index contributed by atoms with van der Waals surface area (Å²) in [6, 6.07) is 3.16. The molecule has 0 amide bonds. The van der Waals surface area contributed by atoms with Crippen molar-refractivity contribution in [3.8, 4) is 0 Å². The largest absolute Gasteiger partial charge is 0.306 e. The second-order valence-corrected chi connectivity index (χ2v) is 5.05. The molecular weight excluding hydrogens is 198 g/mol. The zero-order chi connectivity index (χ0) is 11.5. The third-order valence-corrected chi connectivity index (χ3v) is 3.60. The lowest BCUT2D eigenvalue weighted by Crippen LogP contribution is -2.32. The SMILES string of the molecule is CCC(CC1CC1)NC(C)c1ccnn1C. The fraction of sp³-hybridized carbons (Fsp3) is 0.769. The third-order valence-electron chi connectivity index (χ3n) is 3.60. The smallest absolute Gasteiger partial charge is 0.0547 e. The highest BCUT2D eigenvalue weighted by Gasteiger charge is 2.25. The van der Waals surface area contributed by atoms with Crippen molar-refractivity contribution in [2.24, 2.45) is 13.0 Å². The van der Waals surface area contributed by atoms with Crippen LogP contribution in [0.2, 0.25) is 0 Å². The van der Waals surface area contributed by atoms with Gasteiger partial charge in [-0.2, -0.15) is 5.10 Å². The normalized spacial score (nSPS) is 19.7. The van der Waals surface area contributed by atoms with E-state index in [9.17, 15) is 0 Å². The van der Waals surface area contributed by atoms with E-state index in [2.05, 4.69) is 30.3 Å². The molecule has 0 saturated heterocycles. The minimum Gasteiger partial charge on any atom is -0.306 e. The topological polar surface area (TPSA) is 29.9 Å². The Hall–Kier alpha value is -0.830. The molecule has 0 radical (unpaired) electrons. The molecule has 1 saturated carbocycles. The quantitative estimate of drug-likeness (QED) is 0.800. The molecule has 1 fully saturated rings. The second kappa shape index (κ2) is 5.00. The minimum atomic E-state index is 0.399. The van der Waals surface area contributed by atoms with Gasteiger partial charge in [0.2, 0.25) is 0 Å². The Morgan fingerprint density at radius 3 is 2.81 bits per heavy atom. The average molecular weight is 221 g/mol. The Bertz CT molecular complexity index is 328. The molecule has 0 bridgehead atoms. The van der Waals surface area contributed by atoms with Crippen molar-refractivity contribution >= 4 is 0 Å². The Labute approximate surface area is 98.2 Å². The Morgan fingerprint density at radius 2 is 2.31 bits per heavy atom. The summed E-state index contributed by atoms with van der Waals surface area (Å²) in [7, 11) is 2.01. The zero-order valence-electron chi connectivity index (χ0n) is 10.6. The Kier molecular flexibility index (Phi) is 3.64. The summed E-state index contributed by atoms with van der Waals surface area (Å²) in [5, 5.41) is 7.94. The number of nitrogens with one attached hydrogen (secondary N) is 1. The highest BCUT2D eigenvalue weighted by molar-refractivity contribution is 5.05. The maximum atomic E-state index is 4.22. The standard InChI is InChI=1S/C13H23N3/c1-4-12(9-11-5-6-11)15-10(2)13-7-8-14-16(13)3/h7-8,10-12,15H,4-6,9H2,1-3H3. The fourth-order valence-electron chi connectivity index (χ4n) is 2.36. The van der Waals surface area contributed by atoms with Gasteiger partial charge in [-0.1, -0.05) is 19.8 Å². The molecule has 0 aromatic carbocycles. The first-order valence-electron chi connectivity index (χ1n) is 6.44. The average Bonchev–Trinajstić information content (AvgIpc) is 2.97. The van der Waals surface area contributed by atoms with Crippen LogP contribution in [-0.2, 0) is 7.05 Å².